The summed E-state index contributed by atoms with van der Waals surface area (Å²) in [6.07, 6.45) is 1.62. The van der Waals surface area contributed by atoms with Gasteiger partial charge in [-0.3, -0.25) is 10.1 Å². The molecule has 0 aliphatic carbocycles. The quantitative estimate of drug-likeness (QED) is 0.330. The van der Waals surface area contributed by atoms with Crippen molar-refractivity contribution in [1.82, 2.24) is 9.97 Å². The normalized spacial score (nSPS) is 11.3. The number of nitrogens with zero attached hydrogens (tertiary/aromatic N) is 1. The van der Waals surface area contributed by atoms with Crippen molar-refractivity contribution in [3.8, 4) is 0 Å². The molecule has 0 saturated carbocycles. The maximum Gasteiger partial charge on any atom is 0.413 e. The third kappa shape index (κ3) is 8.28. The van der Waals surface area contributed by atoms with Gasteiger partial charge in [-0.05, 0) is 49.7 Å². The molecule has 1 unspecified atom stereocenters. The zero-order valence-electron chi connectivity index (χ0n) is 17.2. The molecule has 166 valence electrons. The zero-order chi connectivity index (χ0) is 22.6. The lowest BCUT2D eigenvalue weighted by molar-refractivity contribution is -0.138. The van der Waals surface area contributed by atoms with Gasteiger partial charge in [0, 0.05) is 9.79 Å². The number of ether oxygens (including phenoxy) is 1. The average molecular weight is 446 g/mol. The van der Waals surface area contributed by atoms with E-state index in [-0.39, 0.29) is 0 Å². The smallest absolute Gasteiger partial charge is 0.413 e. The van der Waals surface area contributed by atoms with Gasteiger partial charge in [-0.1, -0.05) is 36.4 Å². The number of aromatic amines is 1. The van der Waals surface area contributed by atoms with Crippen LogP contribution in [0.4, 0.5) is 10.7 Å². The molecule has 1 heterocycles. The first-order valence-corrected chi connectivity index (χ1v) is 10.5. The number of aliphatic carboxylic acids is 1. The van der Waals surface area contributed by atoms with Gasteiger partial charge in [0.15, 0.2) is 0 Å². The molecule has 0 aliphatic heterocycles. The van der Waals surface area contributed by atoms with Crippen molar-refractivity contribution in [2.24, 2.45) is 11.5 Å². The molecule has 0 fully saturated rings. The number of carboxylic acid groups (broad SMARTS) is 1. The lowest BCUT2D eigenvalue weighted by Crippen LogP contribution is -2.29. The maximum atomic E-state index is 11.2. The number of nitrogens with one attached hydrogen (secondary N) is 2. The minimum absolute atomic E-state index is 0.374. The summed E-state index contributed by atoms with van der Waals surface area (Å²) in [5.74, 6) is -0.560. The number of imidazole rings is 1. The second-order valence-electron chi connectivity index (χ2n) is 6.53. The summed E-state index contributed by atoms with van der Waals surface area (Å²) in [4.78, 5) is 30.9. The molecule has 0 spiro atoms. The number of anilines is 1. The summed E-state index contributed by atoms with van der Waals surface area (Å²) in [5, 5.41) is 10.8. The van der Waals surface area contributed by atoms with Crippen molar-refractivity contribution < 1.29 is 19.4 Å². The van der Waals surface area contributed by atoms with Crippen molar-refractivity contribution >= 4 is 40.8 Å². The van der Waals surface area contributed by atoms with Crippen LogP contribution in [0.5, 0.6) is 0 Å². The first-order chi connectivity index (χ1) is 14.9. The molecule has 1 atom stereocenters. The highest BCUT2D eigenvalue weighted by Crippen LogP contribution is 2.29. The summed E-state index contributed by atoms with van der Waals surface area (Å²) < 4.78 is 4.54. The van der Waals surface area contributed by atoms with Gasteiger partial charge in [0.25, 0.3) is 0 Å². The molecule has 0 aliphatic rings. The minimum Gasteiger partial charge on any atom is -0.480 e. The molecule has 3 rings (SSSR count). The SMILES string of the molecule is COC(=O)Nc1nc2ccc(Sc3ccccc3)cc2[nH]1.NCCCCC(N)C(=O)O. The van der Waals surface area contributed by atoms with Crippen LogP contribution in [-0.4, -0.2) is 46.8 Å². The van der Waals surface area contributed by atoms with Crippen molar-refractivity contribution in [2.45, 2.75) is 35.1 Å². The molecule has 31 heavy (non-hydrogen) atoms. The van der Waals surface area contributed by atoms with Gasteiger partial charge < -0.3 is 26.3 Å². The van der Waals surface area contributed by atoms with Crippen LogP contribution in [-0.2, 0) is 9.53 Å². The molecular formula is C21H27N5O4S. The fourth-order valence-corrected chi connectivity index (χ4v) is 3.39. The van der Waals surface area contributed by atoms with Gasteiger partial charge >= 0.3 is 12.1 Å². The van der Waals surface area contributed by atoms with Gasteiger partial charge in [-0.25, -0.2) is 9.78 Å². The predicted octanol–water partition coefficient (Wildman–Crippen LogP) is 3.42. The minimum atomic E-state index is -0.933. The van der Waals surface area contributed by atoms with Gasteiger partial charge in [-0.2, -0.15) is 0 Å². The zero-order valence-corrected chi connectivity index (χ0v) is 18.0. The lowest BCUT2D eigenvalue weighted by atomic mass is 10.1. The third-order valence-electron chi connectivity index (χ3n) is 4.12. The van der Waals surface area contributed by atoms with Crippen LogP contribution < -0.4 is 16.8 Å². The molecule has 7 N–H and O–H groups in total. The number of unbranched alkanes of at least 4 members (excludes halogenated alkanes) is 1. The number of amides is 1. The Morgan fingerprint density at radius 2 is 1.94 bits per heavy atom. The Morgan fingerprint density at radius 3 is 2.58 bits per heavy atom. The van der Waals surface area contributed by atoms with Crippen LogP contribution >= 0.6 is 11.8 Å². The van der Waals surface area contributed by atoms with E-state index in [0.717, 1.165) is 28.8 Å². The van der Waals surface area contributed by atoms with Crippen molar-refractivity contribution in [3.05, 3.63) is 48.5 Å². The predicted molar refractivity (Wildman–Crippen MR) is 121 cm³/mol. The van der Waals surface area contributed by atoms with Gasteiger partial charge in [0.1, 0.15) is 6.04 Å². The number of nitrogens with two attached hydrogens (primary N) is 2. The Kier molecular flexibility index (Phi) is 9.82. The number of benzene rings is 2. The monoisotopic (exact) mass is 445 g/mol. The van der Waals surface area contributed by atoms with Crippen molar-refractivity contribution in [2.75, 3.05) is 19.0 Å². The van der Waals surface area contributed by atoms with E-state index >= 15 is 0 Å². The number of hydrogen-bond donors (Lipinski definition) is 5. The van der Waals surface area contributed by atoms with Crippen LogP contribution in [0.3, 0.4) is 0 Å². The van der Waals surface area contributed by atoms with Crippen LogP contribution in [0.2, 0.25) is 0 Å². The third-order valence-corrected chi connectivity index (χ3v) is 5.12. The summed E-state index contributed by atoms with van der Waals surface area (Å²) in [6.45, 7) is 0.604. The second-order valence-corrected chi connectivity index (χ2v) is 7.67. The second kappa shape index (κ2) is 12.6. The number of carboxylic acids is 1. The first-order valence-electron chi connectivity index (χ1n) is 9.69. The molecule has 2 aromatic carbocycles. The highest BCUT2D eigenvalue weighted by atomic mass is 32.2. The standard InChI is InChI=1S/C15H13N3O2S.C6H14N2O2/c1-20-15(19)18-14-16-12-8-7-11(9-13(12)17-14)21-10-5-3-2-4-6-10;7-4-2-1-3-5(8)6(9)10/h2-9H,1H3,(H2,16,17,18,19);5H,1-4,7-8H2,(H,9,10). The summed E-state index contributed by atoms with van der Waals surface area (Å²) in [6, 6.07) is 15.3. The summed E-state index contributed by atoms with van der Waals surface area (Å²) in [5.41, 5.74) is 12.1. The number of hydrogen-bond acceptors (Lipinski definition) is 7. The van der Waals surface area contributed by atoms with Gasteiger partial charge in [0.05, 0.1) is 18.1 Å². The number of rotatable bonds is 8. The van der Waals surface area contributed by atoms with Gasteiger partial charge in [0.2, 0.25) is 5.95 Å². The Balaban J connectivity index is 0.000000291. The van der Waals surface area contributed by atoms with Crippen LogP contribution in [0.1, 0.15) is 19.3 Å². The molecule has 0 bridgehead atoms. The van der Waals surface area contributed by atoms with E-state index in [9.17, 15) is 9.59 Å². The number of methoxy groups -OCH3 is 1. The van der Waals surface area contributed by atoms with E-state index in [2.05, 4.69) is 32.2 Å². The van der Waals surface area contributed by atoms with E-state index in [1.807, 2.05) is 36.4 Å². The van der Waals surface area contributed by atoms with E-state index in [4.69, 9.17) is 16.6 Å². The van der Waals surface area contributed by atoms with Crippen molar-refractivity contribution in [1.29, 1.82) is 0 Å². The Bertz CT molecular complexity index is 980. The molecule has 3 aromatic rings. The van der Waals surface area contributed by atoms with Crippen molar-refractivity contribution in [3.63, 3.8) is 0 Å². The number of H-pyrrole nitrogens is 1. The summed E-state index contributed by atoms with van der Waals surface area (Å²) in [7, 11) is 1.31. The van der Waals surface area contributed by atoms with Crippen LogP contribution in [0, 0.1) is 0 Å². The highest BCUT2D eigenvalue weighted by molar-refractivity contribution is 7.99. The number of carbonyl (C=O) groups is 2. The maximum absolute atomic E-state index is 11.2. The highest BCUT2D eigenvalue weighted by Gasteiger charge is 2.09. The number of aromatic nitrogens is 2. The van der Waals surface area contributed by atoms with E-state index in [1.54, 1.807) is 11.8 Å². The van der Waals surface area contributed by atoms with Crippen LogP contribution in [0.15, 0.2) is 58.3 Å². The first kappa shape index (κ1) is 24.2. The number of fused-ring (bicyclic) bond motifs is 1. The summed E-state index contributed by atoms with van der Waals surface area (Å²) >= 11 is 1.67. The lowest BCUT2D eigenvalue weighted by Gasteiger charge is -2.03. The Labute approximate surface area is 184 Å². The Hall–Kier alpha value is -3.08. The van der Waals surface area contributed by atoms with Crippen LogP contribution in [0.25, 0.3) is 11.0 Å². The fourth-order valence-electron chi connectivity index (χ4n) is 2.52. The fraction of sp³-hybridized carbons (Fsp3) is 0.286. The molecule has 0 saturated heterocycles. The van der Waals surface area contributed by atoms with Gasteiger partial charge in [-0.15, -0.1) is 0 Å². The molecular weight excluding hydrogens is 418 g/mol. The molecule has 9 nitrogen and oxygen atoms in total. The molecule has 1 amide bonds. The van der Waals surface area contributed by atoms with E-state index in [0.29, 0.717) is 18.9 Å². The molecule has 10 heteroatoms. The van der Waals surface area contributed by atoms with E-state index in [1.165, 1.54) is 12.0 Å². The number of carbonyl (C=O) groups excluding carboxylic acids is 1. The molecule has 0 radical (unpaired) electrons. The topological polar surface area (TPSA) is 156 Å². The largest absolute Gasteiger partial charge is 0.480 e. The van der Waals surface area contributed by atoms with E-state index < -0.39 is 18.1 Å². The molecule has 1 aromatic heterocycles. The Morgan fingerprint density at radius 1 is 1.19 bits per heavy atom. The average Bonchev–Trinajstić information content (AvgIpc) is 3.16.